The third kappa shape index (κ3) is 5.41. The van der Waals surface area contributed by atoms with Crippen molar-refractivity contribution in [2.24, 2.45) is 5.92 Å². The molecule has 1 aliphatic heterocycles. The van der Waals surface area contributed by atoms with Crippen LogP contribution in [0.1, 0.15) is 52.9 Å². The number of carbonyl (C=O) groups excluding carboxylic acids is 1. The van der Waals surface area contributed by atoms with Crippen LogP contribution in [0.15, 0.2) is 0 Å². The van der Waals surface area contributed by atoms with Gasteiger partial charge in [0.05, 0.1) is 7.11 Å². The molecule has 1 heterocycles. The van der Waals surface area contributed by atoms with Crippen LogP contribution in [0.2, 0.25) is 0 Å². The molecule has 0 bridgehead atoms. The highest BCUT2D eigenvalue weighted by molar-refractivity contribution is 5.80. The molecule has 4 nitrogen and oxygen atoms in total. The Morgan fingerprint density at radius 3 is 2.75 bits per heavy atom. The Morgan fingerprint density at radius 2 is 2.20 bits per heavy atom. The van der Waals surface area contributed by atoms with E-state index in [1.54, 1.807) is 0 Å². The van der Waals surface area contributed by atoms with E-state index >= 15 is 0 Å². The lowest BCUT2D eigenvalue weighted by Crippen LogP contribution is -2.50. The first kappa shape index (κ1) is 17.4. The van der Waals surface area contributed by atoms with Gasteiger partial charge in [-0.3, -0.25) is 4.79 Å². The van der Waals surface area contributed by atoms with Gasteiger partial charge in [0.1, 0.15) is 5.54 Å². The second-order valence-corrected chi connectivity index (χ2v) is 6.40. The van der Waals surface area contributed by atoms with Crippen molar-refractivity contribution in [2.75, 3.05) is 33.3 Å². The number of unbranched alkanes of at least 4 members (excludes halogenated alkanes) is 1. The number of rotatable bonds is 9. The maximum atomic E-state index is 11.9. The van der Waals surface area contributed by atoms with Crippen LogP contribution in [-0.2, 0) is 9.53 Å². The smallest absolute Gasteiger partial charge is 0.325 e. The van der Waals surface area contributed by atoms with Crippen LogP contribution in [0, 0.1) is 5.92 Å². The fourth-order valence-corrected chi connectivity index (χ4v) is 2.93. The molecule has 0 aromatic carbocycles. The highest BCUT2D eigenvalue weighted by atomic mass is 16.5. The van der Waals surface area contributed by atoms with Crippen LogP contribution in [0.4, 0.5) is 0 Å². The number of ether oxygens (including phenoxy) is 1. The molecule has 0 saturated carbocycles. The second kappa shape index (κ2) is 8.63. The van der Waals surface area contributed by atoms with E-state index in [9.17, 15) is 4.79 Å². The van der Waals surface area contributed by atoms with Crippen molar-refractivity contribution in [1.29, 1.82) is 0 Å². The summed E-state index contributed by atoms with van der Waals surface area (Å²) >= 11 is 0. The first-order chi connectivity index (χ1) is 9.51. The standard InChI is InChI=1S/C16H32N2O2/c1-5-10-17-16(3,15(19)20-4)9-6-7-11-18-12-8-14(2)13-18/h14,17H,5-13H2,1-4H3. The molecule has 0 aliphatic carbocycles. The fourth-order valence-electron chi connectivity index (χ4n) is 2.93. The molecular weight excluding hydrogens is 252 g/mol. The molecule has 0 radical (unpaired) electrons. The predicted molar refractivity (Wildman–Crippen MR) is 82.8 cm³/mol. The zero-order chi connectivity index (χ0) is 15.0. The Hall–Kier alpha value is -0.610. The summed E-state index contributed by atoms with van der Waals surface area (Å²) in [5.74, 6) is 0.710. The van der Waals surface area contributed by atoms with Crippen molar-refractivity contribution in [3.05, 3.63) is 0 Å². The summed E-state index contributed by atoms with van der Waals surface area (Å²) in [4.78, 5) is 14.5. The molecule has 118 valence electrons. The molecule has 0 amide bonds. The molecular formula is C16H32N2O2. The maximum Gasteiger partial charge on any atom is 0.325 e. The van der Waals surface area contributed by atoms with E-state index in [1.807, 2.05) is 6.92 Å². The number of carbonyl (C=O) groups is 1. The third-order valence-corrected chi connectivity index (χ3v) is 4.31. The Kier molecular flexibility index (Phi) is 7.52. The van der Waals surface area contributed by atoms with Gasteiger partial charge < -0.3 is 15.0 Å². The van der Waals surface area contributed by atoms with Gasteiger partial charge in [0.25, 0.3) is 0 Å². The lowest BCUT2D eigenvalue weighted by molar-refractivity contribution is -0.148. The first-order valence-corrected chi connectivity index (χ1v) is 8.07. The molecule has 1 aliphatic rings. The van der Waals surface area contributed by atoms with Gasteiger partial charge in [-0.25, -0.2) is 0 Å². The largest absolute Gasteiger partial charge is 0.468 e. The van der Waals surface area contributed by atoms with Gasteiger partial charge in [-0.15, -0.1) is 0 Å². The molecule has 1 saturated heterocycles. The minimum atomic E-state index is -0.525. The lowest BCUT2D eigenvalue weighted by Gasteiger charge is -2.28. The topological polar surface area (TPSA) is 41.6 Å². The molecule has 2 unspecified atom stereocenters. The molecule has 20 heavy (non-hydrogen) atoms. The zero-order valence-electron chi connectivity index (χ0n) is 13.7. The molecule has 0 aromatic heterocycles. The molecule has 2 atom stereocenters. The molecule has 1 fully saturated rings. The van der Waals surface area contributed by atoms with Gasteiger partial charge in [-0.05, 0) is 64.6 Å². The Bertz CT molecular complexity index is 296. The summed E-state index contributed by atoms with van der Waals surface area (Å²) in [6.07, 6.45) is 5.43. The predicted octanol–water partition coefficient (Wildman–Crippen LogP) is 2.43. The van der Waals surface area contributed by atoms with Gasteiger partial charge in [-0.1, -0.05) is 13.8 Å². The van der Waals surface area contributed by atoms with Gasteiger partial charge in [0, 0.05) is 6.54 Å². The van der Waals surface area contributed by atoms with E-state index in [4.69, 9.17) is 4.74 Å². The third-order valence-electron chi connectivity index (χ3n) is 4.31. The monoisotopic (exact) mass is 284 g/mol. The van der Waals surface area contributed by atoms with E-state index in [2.05, 4.69) is 24.1 Å². The molecule has 0 aromatic rings. The summed E-state index contributed by atoms with van der Waals surface area (Å²) < 4.78 is 4.95. The quantitative estimate of drug-likeness (QED) is 0.521. The van der Waals surface area contributed by atoms with Crippen LogP contribution in [0.3, 0.4) is 0 Å². The van der Waals surface area contributed by atoms with Crippen molar-refractivity contribution >= 4 is 5.97 Å². The minimum Gasteiger partial charge on any atom is -0.468 e. The van der Waals surface area contributed by atoms with Gasteiger partial charge >= 0.3 is 5.97 Å². The van der Waals surface area contributed by atoms with Crippen molar-refractivity contribution < 1.29 is 9.53 Å². The van der Waals surface area contributed by atoms with Gasteiger partial charge in [0.2, 0.25) is 0 Å². The van der Waals surface area contributed by atoms with Crippen LogP contribution in [-0.4, -0.2) is 49.7 Å². The SMILES string of the molecule is CCCNC(C)(CCCCN1CCC(C)C1)C(=O)OC. The van der Waals surface area contributed by atoms with E-state index in [0.717, 1.165) is 44.7 Å². The van der Waals surface area contributed by atoms with Crippen LogP contribution < -0.4 is 5.32 Å². The summed E-state index contributed by atoms with van der Waals surface area (Å²) in [7, 11) is 1.47. The fraction of sp³-hybridized carbons (Fsp3) is 0.938. The summed E-state index contributed by atoms with van der Waals surface area (Å²) in [6, 6.07) is 0. The van der Waals surface area contributed by atoms with Crippen molar-refractivity contribution in [3.8, 4) is 0 Å². The Labute approximate surface area is 124 Å². The van der Waals surface area contributed by atoms with Crippen LogP contribution in [0.5, 0.6) is 0 Å². The van der Waals surface area contributed by atoms with Gasteiger partial charge in [0.15, 0.2) is 0 Å². The number of hydrogen-bond donors (Lipinski definition) is 1. The molecule has 1 N–H and O–H groups in total. The van der Waals surface area contributed by atoms with E-state index in [1.165, 1.54) is 26.6 Å². The highest BCUT2D eigenvalue weighted by Gasteiger charge is 2.32. The Balaban J connectivity index is 2.29. The lowest BCUT2D eigenvalue weighted by atomic mass is 9.94. The number of likely N-dealkylation sites (tertiary alicyclic amines) is 1. The van der Waals surface area contributed by atoms with Crippen LogP contribution >= 0.6 is 0 Å². The maximum absolute atomic E-state index is 11.9. The Morgan fingerprint density at radius 1 is 1.45 bits per heavy atom. The average Bonchev–Trinajstić information content (AvgIpc) is 2.86. The number of esters is 1. The molecule has 0 spiro atoms. The normalized spacial score (nSPS) is 22.7. The van der Waals surface area contributed by atoms with Crippen LogP contribution in [0.25, 0.3) is 0 Å². The average molecular weight is 284 g/mol. The number of nitrogens with one attached hydrogen (secondary N) is 1. The summed E-state index contributed by atoms with van der Waals surface area (Å²) in [5, 5.41) is 3.34. The number of hydrogen-bond acceptors (Lipinski definition) is 4. The van der Waals surface area contributed by atoms with Crippen molar-refractivity contribution in [3.63, 3.8) is 0 Å². The van der Waals surface area contributed by atoms with E-state index in [-0.39, 0.29) is 5.97 Å². The van der Waals surface area contributed by atoms with Gasteiger partial charge in [-0.2, -0.15) is 0 Å². The zero-order valence-corrected chi connectivity index (χ0v) is 13.7. The molecule has 1 rings (SSSR count). The minimum absolute atomic E-state index is 0.138. The summed E-state index contributed by atoms with van der Waals surface area (Å²) in [6.45, 7) is 10.9. The van der Waals surface area contributed by atoms with Crippen molar-refractivity contribution in [2.45, 2.75) is 58.4 Å². The summed E-state index contributed by atoms with van der Waals surface area (Å²) in [5.41, 5.74) is -0.525. The van der Waals surface area contributed by atoms with Crippen molar-refractivity contribution in [1.82, 2.24) is 10.2 Å². The van der Waals surface area contributed by atoms with E-state index in [0.29, 0.717) is 0 Å². The second-order valence-electron chi connectivity index (χ2n) is 6.40. The van der Waals surface area contributed by atoms with E-state index < -0.39 is 5.54 Å². The molecule has 4 heteroatoms. The highest BCUT2D eigenvalue weighted by Crippen LogP contribution is 2.19. The number of methoxy groups -OCH3 is 1. The first-order valence-electron chi connectivity index (χ1n) is 8.07. The number of nitrogens with zero attached hydrogens (tertiary/aromatic N) is 1.